The highest BCUT2D eigenvalue weighted by atomic mass is 32.2. The van der Waals surface area contributed by atoms with Gasteiger partial charge in [0.15, 0.2) is 5.82 Å². The third-order valence-corrected chi connectivity index (χ3v) is 4.81. The van der Waals surface area contributed by atoms with Crippen molar-refractivity contribution in [2.24, 2.45) is 0 Å². The first kappa shape index (κ1) is 10.6. The maximum absolute atomic E-state index is 9.84. The van der Waals surface area contributed by atoms with Gasteiger partial charge in [-0.05, 0) is 31.4 Å². The van der Waals surface area contributed by atoms with Gasteiger partial charge in [0, 0.05) is 6.54 Å². The van der Waals surface area contributed by atoms with Crippen LogP contribution in [-0.2, 0) is 6.54 Å². The molecule has 2 unspecified atom stereocenters. The van der Waals surface area contributed by atoms with Crippen LogP contribution in [0.15, 0.2) is 0 Å². The minimum Gasteiger partial charge on any atom is -0.385 e. The van der Waals surface area contributed by atoms with Crippen molar-refractivity contribution in [2.45, 2.75) is 50.0 Å². The van der Waals surface area contributed by atoms with Crippen molar-refractivity contribution in [2.75, 3.05) is 5.75 Å². The van der Waals surface area contributed by atoms with Gasteiger partial charge in [-0.2, -0.15) is 11.8 Å². The highest BCUT2D eigenvalue weighted by Gasteiger charge is 2.28. The minimum atomic E-state index is -0.399. The Hall–Kier alpha value is -0.550. The van der Waals surface area contributed by atoms with Crippen LogP contribution in [0.5, 0.6) is 0 Å². The Balaban J connectivity index is 1.89. The van der Waals surface area contributed by atoms with E-state index in [0.29, 0.717) is 5.25 Å². The van der Waals surface area contributed by atoms with Crippen molar-refractivity contribution in [1.82, 2.24) is 14.8 Å². The molecule has 0 aliphatic carbocycles. The summed E-state index contributed by atoms with van der Waals surface area (Å²) in [5, 5.41) is 18.8. The lowest BCUT2D eigenvalue weighted by Crippen LogP contribution is -2.19. The van der Waals surface area contributed by atoms with Crippen molar-refractivity contribution in [3.8, 4) is 0 Å². The zero-order valence-corrected chi connectivity index (χ0v) is 10.1. The highest BCUT2D eigenvalue weighted by Crippen LogP contribution is 2.39. The van der Waals surface area contributed by atoms with E-state index in [1.165, 1.54) is 25.0 Å². The van der Waals surface area contributed by atoms with Gasteiger partial charge < -0.3 is 9.67 Å². The second-order valence-electron chi connectivity index (χ2n) is 4.58. The first-order valence-corrected chi connectivity index (χ1v) is 7.14. The normalized spacial score (nSPS) is 30.1. The van der Waals surface area contributed by atoms with Crippen LogP contribution in [0, 0.1) is 0 Å². The smallest absolute Gasteiger partial charge is 0.161 e. The zero-order valence-electron chi connectivity index (χ0n) is 9.30. The summed E-state index contributed by atoms with van der Waals surface area (Å²) in [6, 6.07) is 0. The number of hydrogen-bond acceptors (Lipinski definition) is 4. The van der Waals surface area contributed by atoms with Crippen molar-refractivity contribution in [3.05, 3.63) is 11.6 Å². The summed E-state index contributed by atoms with van der Waals surface area (Å²) < 4.78 is 2.15. The van der Waals surface area contributed by atoms with Crippen molar-refractivity contribution in [1.29, 1.82) is 0 Å². The molecule has 2 aliphatic rings. The molecule has 1 fully saturated rings. The maximum Gasteiger partial charge on any atom is 0.161 e. The molecule has 2 atom stereocenters. The Morgan fingerprint density at radius 1 is 1.12 bits per heavy atom. The third kappa shape index (κ3) is 1.76. The number of aliphatic hydroxyl groups is 1. The second-order valence-corrected chi connectivity index (χ2v) is 5.89. The van der Waals surface area contributed by atoms with Gasteiger partial charge in [0.1, 0.15) is 11.9 Å². The van der Waals surface area contributed by atoms with E-state index >= 15 is 0 Å². The highest BCUT2D eigenvalue weighted by molar-refractivity contribution is 7.99. The average Bonchev–Trinajstić information content (AvgIpc) is 2.75. The molecule has 88 valence electrons. The molecule has 0 saturated carbocycles. The van der Waals surface area contributed by atoms with Crippen molar-refractivity contribution >= 4 is 11.8 Å². The third-order valence-electron chi connectivity index (χ3n) is 3.43. The Morgan fingerprint density at radius 3 is 2.81 bits per heavy atom. The van der Waals surface area contributed by atoms with Crippen LogP contribution >= 0.6 is 11.8 Å². The van der Waals surface area contributed by atoms with Crippen LogP contribution in [0.25, 0.3) is 0 Å². The first-order chi connectivity index (χ1) is 7.86. The van der Waals surface area contributed by atoms with Crippen LogP contribution in [0.2, 0.25) is 0 Å². The predicted molar refractivity (Wildman–Crippen MR) is 63.3 cm³/mol. The number of aliphatic hydroxyl groups excluding tert-OH is 1. The molecule has 16 heavy (non-hydrogen) atoms. The SMILES string of the molecule is OC1CCCn2c1nnc2C1CCCCS1. The summed E-state index contributed by atoms with van der Waals surface area (Å²) in [4.78, 5) is 0. The van der Waals surface area contributed by atoms with E-state index in [1.54, 1.807) is 0 Å². The number of nitrogens with zero attached hydrogens (tertiary/aromatic N) is 3. The number of rotatable bonds is 1. The Morgan fingerprint density at radius 2 is 2.00 bits per heavy atom. The van der Waals surface area contributed by atoms with Gasteiger partial charge in [-0.25, -0.2) is 0 Å². The molecule has 0 spiro atoms. The molecule has 1 N–H and O–H groups in total. The van der Waals surface area contributed by atoms with Crippen LogP contribution in [0.3, 0.4) is 0 Å². The van der Waals surface area contributed by atoms with E-state index in [1.807, 2.05) is 11.8 Å². The fraction of sp³-hybridized carbons (Fsp3) is 0.818. The standard InChI is InChI=1S/C11H17N3OS/c15-8-4-3-6-14-10(8)12-13-11(14)9-5-1-2-7-16-9/h8-9,15H,1-7H2. The van der Waals surface area contributed by atoms with Gasteiger partial charge in [0.05, 0.1) is 5.25 Å². The second kappa shape index (κ2) is 4.37. The Bertz CT molecular complexity index is 373. The van der Waals surface area contributed by atoms with Crippen LogP contribution in [-0.4, -0.2) is 25.6 Å². The van der Waals surface area contributed by atoms with E-state index in [4.69, 9.17) is 0 Å². The molecule has 1 saturated heterocycles. The molecule has 1 aromatic rings. The van der Waals surface area contributed by atoms with Gasteiger partial charge in [-0.15, -0.1) is 10.2 Å². The molecular formula is C11H17N3OS. The Labute approximate surface area is 99.4 Å². The quantitative estimate of drug-likeness (QED) is 0.815. The summed E-state index contributed by atoms with van der Waals surface area (Å²) in [7, 11) is 0. The molecule has 0 radical (unpaired) electrons. The van der Waals surface area contributed by atoms with E-state index in [-0.39, 0.29) is 0 Å². The zero-order chi connectivity index (χ0) is 11.0. The fourth-order valence-corrected chi connectivity index (χ4v) is 3.87. The molecule has 4 nitrogen and oxygen atoms in total. The number of hydrogen-bond donors (Lipinski definition) is 1. The molecular weight excluding hydrogens is 222 g/mol. The molecule has 0 aromatic carbocycles. The fourth-order valence-electron chi connectivity index (χ4n) is 2.56. The van der Waals surface area contributed by atoms with Gasteiger partial charge in [-0.1, -0.05) is 6.42 Å². The molecule has 3 heterocycles. The summed E-state index contributed by atoms with van der Waals surface area (Å²) in [5.41, 5.74) is 0. The van der Waals surface area contributed by atoms with E-state index in [2.05, 4.69) is 14.8 Å². The molecule has 0 bridgehead atoms. The molecule has 0 amide bonds. The maximum atomic E-state index is 9.84. The van der Waals surface area contributed by atoms with Crippen molar-refractivity contribution in [3.63, 3.8) is 0 Å². The molecule has 3 rings (SSSR count). The summed E-state index contributed by atoms with van der Waals surface area (Å²) in [6.07, 6.45) is 5.29. The van der Waals surface area contributed by atoms with Crippen LogP contribution < -0.4 is 0 Å². The van der Waals surface area contributed by atoms with E-state index in [9.17, 15) is 5.11 Å². The average molecular weight is 239 g/mol. The van der Waals surface area contributed by atoms with Gasteiger partial charge >= 0.3 is 0 Å². The summed E-state index contributed by atoms with van der Waals surface area (Å²) in [5.74, 6) is 3.11. The van der Waals surface area contributed by atoms with Crippen LogP contribution in [0.4, 0.5) is 0 Å². The summed E-state index contributed by atoms with van der Waals surface area (Å²) in [6.45, 7) is 0.978. The van der Waals surface area contributed by atoms with E-state index < -0.39 is 6.10 Å². The molecule has 2 aliphatic heterocycles. The number of aromatic nitrogens is 3. The number of thioether (sulfide) groups is 1. The predicted octanol–water partition coefficient (Wildman–Crippen LogP) is 2.06. The van der Waals surface area contributed by atoms with Gasteiger partial charge in [0.2, 0.25) is 0 Å². The molecule has 1 aromatic heterocycles. The molecule has 5 heteroatoms. The largest absolute Gasteiger partial charge is 0.385 e. The monoisotopic (exact) mass is 239 g/mol. The van der Waals surface area contributed by atoms with Gasteiger partial charge in [-0.3, -0.25) is 0 Å². The van der Waals surface area contributed by atoms with E-state index in [0.717, 1.165) is 31.0 Å². The minimum absolute atomic E-state index is 0.399. The van der Waals surface area contributed by atoms with Crippen LogP contribution in [0.1, 0.15) is 55.1 Å². The lowest BCUT2D eigenvalue weighted by atomic mass is 10.1. The summed E-state index contributed by atoms with van der Waals surface area (Å²) >= 11 is 1.99. The topological polar surface area (TPSA) is 50.9 Å². The lowest BCUT2D eigenvalue weighted by Gasteiger charge is -2.24. The Kier molecular flexibility index (Phi) is 2.90. The van der Waals surface area contributed by atoms with Crippen molar-refractivity contribution < 1.29 is 5.11 Å². The lowest BCUT2D eigenvalue weighted by molar-refractivity contribution is 0.133. The number of fused-ring (bicyclic) bond motifs is 1. The first-order valence-electron chi connectivity index (χ1n) is 6.09. The van der Waals surface area contributed by atoms with Gasteiger partial charge in [0.25, 0.3) is 0 Å².